The van der Waals surface area contributed by atoms with E-state index in [9.17, 15) is 13.2 Å². The summed E-state index contributed by atoms with van der Waals surface area (Å²) in [6.07, 6.45) is 2.41. The minimum Gasteiger partial charge on any atom is -0.481 e. The van der Waals surface area contributed by atoms with Crippen LogP contribution >= 0.6 is 0 Å². The molecule has 0 aliphatic rings. The molecule has 0 radical (unpaired) electrons. The van der Waals surface area contributed by atoms with Crippen LogP contribution in [0.1, 0.15) is 31.2 Å². The number of carboxylic acid groups (broad SMARTS) is 1. The molecule has 0 fully saturated rings. The first-order valence-corrected chi connectivity index (χ1v) is 8.22. The van der Waals surface area contributed by atoms with Crippen LogP contribution in [0.5, 0.6) is 0 Å². The molecule has 21 heavy (non-hydrogen) atoms. The van der Waals surface area contributed by atoms with E-state index < -0.39 is 16.0 Å². The minimum atomic E-state index is -3.44. The molecule has 1 aromatic carbocycles. The first-order valence-electron chi connectivity index (χ1n) is 6.33. The summed E-state index contributed by atoms with van der Waals surface area (Å²) in [4.78, 5) is 10.4. The highest BCUT2D eigenvalue weighted by Crippen LogP contribution is 2.20. The predicted octanol–water partition coefficient (Wildman–Crippen LogP) is 1.88. The third-order valence-electron chi connectivity index (χ3n) is 2.71. The Labute approximate surface area is 123 Å². The number of carbonyl (C=O) groups is 1. The second-order valence-corrected chi connectivity index (χ2v) is 6.32. The number of sulfonamides is 1. The van der Waals surface area contributed by atoms with Gasteiger partial charge in [0.05, 0.1) is 17.7 Å². The van der Waals surface area contributed by atoms with Crippen molar-refractivity contribution in [1.29, 1.82) is 0 Å². The largest absolute Gasteiger partial charge is 0.481 e. The van der Waals surface area contributed by atoms with Crippen LogP contribution in [0.3, 0.4) is 0 Å². The Morgan fingerprint density at radius 1 is 1.24 bits per heavy atom. The summed E-state index contributed by atoms with van der Waals surface area (Å²) in [5, 5.41) is 20.9. The number of unbranched alkanes of at least 4 members (excludes halogenated alkanes) is 1. The molecule has 7 nitrogen and oxygen atoms in total. The number of anilines is 1. The lowest BCUT2D eigenvalue weighted by atomic mass is 10.0. The van der Waals surface area contributed by atoms with Crippen molar-refractivity contribution in [2.45, 2.75) is 25.7 Å². The molecular formula is C13H18N2O5S. The maximum absolute atomic E-state index is 11.3. The zero-order valence-corrected chi connectivity index (χ0v) is 12.4. The van der Waals surface area contributed by atoms with E-state index in [0.717, 1.165) is 6.26 Å². The van der Waals surface area contributed by atoms with E-state index in [1.54, 1.807) is 24.3 Å². The van der Waals surface area contributed by atoms with Gasteiger partial charge in [0.25, 0.3) is 0 Å². The standard InChI is InChI=1S/C13H18N2O5S/c1-21(19,20)15-12-8-3-2-6-10(12)11(14-18)7-4-5-9-13(16)17/h2-3,6,8,15,18H,4-5,7,9H2,1H3,(H,16,17)/b14-11+. The number of carboxylic acids is 1. The molecule has 0 saturated heterocycles. The molecule has 0 unspecified atom stereocenters. The lowest BCUT2D eigenvalue weighted by Crippen LogP contribution is -2.13. The van der Waals surface area contributed by atoms with E-state index in [4.69, 9.17) is 10.3 Å². The van der Waals surface area contributed by atoms with E-state index >= 15 is 0 Å². The molecule has 0 bridgehead atoms. The Balaban J connectivity index is 2.84. The van der Waals surface area contributed by atoms with Crippen LogP contribution < -0.4 is 4.72 Å². The van der Waals surface area contributed by atoms with Gasteiger partial charge >= 0.3 is 5.97 Å². The average Bonchev–Trinajstić information content (AvgIpc) is 2.38. The molecule has 0 saturated carbocycles. The van der Waals surface area contributed by atoms with E-state index in [-0.39, 0.29) is 6.42 Å². The van der Waals surface area contributed by atoms with Gasteiger partial charge in [-0.25, -0.2) is 8.42 Å². The van der Waals surface area contributed by atoms with E-state index in [2.05, 4.69) is 9.88 Å². The van der Waals surface area contributed by atoms with Crippen molar-refractivity contribution in [3.05, 3.63) is 29.8 Å². The fourth-order valence-electron chi connectivity index (χ4n) is 1.83. The van der Waals surface area contributed by atoms with Gasteiger partial charge in [0, 0.05) is 12.0 Å². The summed E-state index contributed by atoms with van der Waals surface area (Å²) >= 11 is 0. The minimum absolute atomic E-state index is 0.0436. The van der Waals surface area contributed by atoms with Gasteiger partial charge in [0.15, 0.2) is 0 Å². The Morgan fingerprint density at radius 2 is 1.86 bits per heavy atom. The number of para-hydroxylation sites is 1. The number of hydrogen-bond donors (Lipinski definition) is 3. The predicted molar refractivity (Wildman–Crippen MR) is 79.3 cm³/mol. The molecular weight excluding hydrogens is 296 g/mol. The lowest BCUT2D eigenvalue weighted by Gasteiger charge is -2.11. The molecule has 0 aliphatic heterocycles. The molecule has 8 heteroatoms. The molecule has 3 N–H and O–H groups in total. The third kappa shape index (κ3) is 6.26. The quantitative estimate of drug-likeness (QED) is 0.293. The molecule has 0 amide bonds. The van der Waals surface area contributed by atoms with Crippen molar-refractivity contribution >= 4 is 27.4 Å². The third-order valence-corrected chi connectivity index (χ3v) is 3.30. The molecule has 1 aromatic rings. The maximum atomic E-state index is 11.3. The van der Waals surface area contributed by atoms with Crippen molar-refractivity contribution in [3.8, 4) is 0 Å². The molecule has 0 atom stereocenters. The first kappa shape index (κ1) is 17.0. The van der Waals surface area contributed by atoms with Gasteiger partial charge in [0.1, 0.15) is 0 Å². The Hall–Kier alpha value is -2.09. The fraction of sp³-hybridized carbons (Fsp3) is 0.385. The SMILES string of the molecule is CS(=O)(=O)Nc1ccccc1/C(CCCCC(=O)O)=N/O. The van der Waals surface area contributed by atoms with Gasteiger partial charge < -0.3 is 10.3 Å². The highest BCUT2D eigenvalue weighted by Gasteiger charge is 2.12. The molecule has 0 heterocycles. The van der Waals surface area contributed by atoms with Crippen LogP contribution in [0, 0.1) is 0 Å². The van der Waals surface area contributed by atoms with Crippen molar-refractivity contribution in [1.82, 2.24) is 0 Å². The van der Waals surface area contributed by atoms with Crippen LogP contribution in [-0.4, -0.2) is 36.7 Å². The van der Waals surface area contributed by atoms with Gasteiger partial charge in [-0.05, 0) is 25.3 Å². The van der Waals surface area contributed by atoms with Gasteiger partial charge in [0.2, 0.25) is 10.0 Å². The molecule has 1 rings (SSSR count). The van der Waals surface area contributed by atoms with Crippen molar-refractivity contribution in [3.63, 3.8) is 0 Å². The number of aliphatic carboxylic acids is 1. The van der Waals surface area contributed by atoms with Crippen LogP contribution in [0.25, 0.3) is 0 Å². The van der Waals surface area contributed by atoms with E-state index in [0.29, 0.717) is 36.2 Å². The molecule has 0 aliphatic carbocycles. The van der Waals surface area contributed by atoms with Crippen LogP contribution in [0.2, 0.25) is 0 Å². The molecule has 0 aromatic heterocycles. The second-order valence-electron chi connectivity index (χ2n) is 4.57. The van der Waals surface area contributed by atoms with E-state index in [1.165, 1.54) is 0 Å². The monoisotopic (exact) mass is 314 g/mol. The van der Waals surface area contributed by atoms with E-state index in [1.807, 2.05) is 0 Å². The zero-order chi connectivity index (χ0) is 15.9. The normalized spacial score (nSPS) is 12.1. The van der Waals surface area contributed by atoms with Gasteiger partial charge in [-0.2, -0.15) is 0 Å². The van der Waals surface area contributed by atoms with Crippen molar-refractivity contribution in [2.75, 3.05) is 11.0 Å². The Bertz CT molecular complexity index is 625. The highest BCUT2D eigenvalue weighted by molar-refractivity contribution is 7.92. The summed E-state index contributed by atoms with van der Waals surface area (Å²) in [7, 11) is -3.44. The summed E-state index contributed by atoms with van der Waals surface area (Å²) in [5.74, 6) is -0.878. The van der Waals surface area contributed by atoms with Crippen LogP contribution in [-0.2, 0) is 14.8 Å². The molecule has 116 valence electrons. The fourth-order valence-corrected chi connectivity index (χ4v) is 2.41. The first-order chi connectivity index (χ1) is 9.83. The Morgan fingerprint density at radius 3 is 2.43 bits per heavy atom. The number of nitrogens with one attached hydrogen (secondary N) is 1. The number of nitrogens with zero attached hydrogens (tertiary/aromatic N) is 1. The number of benzene rings is 1. The highest BCUT2D eigenvalue weighted by atomic mass is 32.2. The maximum Gasteiger partial charge on any atom is 0.303 e. The van der Waals surface area contributed by atoms with Gasteiger partial charge in [-0.3, -0.25) is 9.52 Å². The van der Waals surface area contributed by atoms with Crippen molar-refractivity contribution in [2.24, 2.45) is 5.16 Å². The zero-order valence-electron chi connectivity index (χ0n) is 11.6. The van der Waals surface area contributed by atoms with Crippen LogP contribution in [0.4, 0.5) is 5.69 Å². The van der Waals surface area contributed by atoms with Gasteiger partial charge in [-0.1, -0.05) is 23.4 Å². The smallest absolute Gasteiger partial charge is 0.303 e. The number of hydrogen-bond acceptors (Lipinski definition) is 5. The topological polar surface area (TPSA) is 116 Å². The average molecular weight is 314 g/mol. The molecule has 0 spiro atoms. The summed E-state index contributed by atoms with van der Waals surface area (Å²) in [5.41, 5.74) is 1.11. The number of rotatable bonds is 8. The summed E-state index contributed by atoms with van der Waals surface area (Å²) in [6.45, 7) is 0. The number of oxime groups is 1. The van der Waals surface area contributed by atoms with Crippen LogP contribution in [0.15, 0.2) is 29.4 Å². The summed E-state index contributed by atoms with van der Waals surface area (Å²) in [6, 6.07) is 6.57. The summed E-state index contributed by atoms with van der Waals surface area (Å²) < 4.78 is 25.0. The lowest BCUT2D eigenvalue weighted by molar-refractivity contribution is -0.137. The van der Waals surface area contributed by atoms with Gasteiger partial charge in [-0.15, -0.1) is 0 Å². The van der Waals surface area contributed by atoms with Crippen molar-refractivity contribution < 1.29 is 23.5 Å². The second kappa shape index (κ2) is 7.63. The Kier molecular flexibility index (Phi) is 6.16.